The molecule has 0 saturated carbocycles. The third-order valence-corrected chi connectivity index (χ3v) is 2.54. The first-order valence-electron chi connectivity index (χ1n) is 5.89. The van der Waals surface area contributed by atoms with Crippen LogP contribution in [-0.4, -0.2) is 52.3 Å². The van der Waals surface area contributed by atoms with Crippen LogP contribution in [0.5, 0.6) is 0 Å². The summed E-state index contributed by atoms with van der Waals surface area (Å²) in [4.78, 5) is 17.2. The van der Waals surface area contributed by atoms with Crippen LogP contribution in [0.4, 0.5) is 0 Å². The third kappa shape index (κ3) is 3.78. The molecule has 1 atom stereocenters. The Hall–Kier alpha value is -1.47. The molecule has 1 rings (SSSR count). The largest absolute Gasteiger partial charge is 0.394 e. The topological polar surface area (TPSA) is 105 Å². The number of carbonyl (C=O) groups is 1. The van der Waals surface area contributed by atoms with Crippen molar-refractivity contribution in [2.24, 2.45) is 5.73 Å². The van der Waals surface area contributed by atoms with E-state index >= 15 is 0 Å². The van der Waals surface area contributed by atoms with Gasteiger partial charge in [-0.2, -0.15) is 4.98 Å². The number of aliphatic hydroxyl groups excluding tert-OH is 1. The number of hydrogen-bond donors (Lipinski definition) is 2. The van der Waals surface area contributed by atoms with E-state index in [0.717, 1.165) is 0 Å². The van der Waals surface area contributed by atoms with Gasteiger partial charge >= 0.3 is 0 Å². The van der Waals surface area contributed by atoms with Gasteiger partial charge in [0.25, 0.3) is 0 Å². The van der Waals surface area contributed by atoms with Crippen LogP contribution in [0.1, 0.15) is 31.5 Å². The molecule has 1 aromatic rings. The van der Waals surface area contributed by atoms with Crippen LogP contribution in [0.2, 0.25) is 0 Å². The molecule has 1 amide bonds. The summed E-state index contributed by atoms with van der Waals surface area (Å²) in [5.41, 5.74) is 5.44. The molecule has 18 heavy (non-hydrogen) atoms. The molecule has 0 aliphatic carbocycles. The first-order valence-corrected chi connectivity index (χ1v) is 5.89. The zero-order valence-electron chi connectivity index (χ0n) is 11.0. The van der Waals surface area contributed by atoms with Crippen LogP contribution >= 0.6 is 0 Å². The fourth-order valence-corrected chi connectivity index (χ4v) is 1.34. The van der Waals surface area contributed by atoms with Crippen molar-refractivity contribution in [3.63, 3.8) is 0 Å². The minimum Gasteiger partial charge on any atom is -0.394 e. The number of hydrogen-bond acceptors (Lipinski definition) is 6. The number of rotatable bonds is 6. The lowest BCUT2D eigenvalue weighted by Gasteiger charge is -2.19. The van der Waals surface area contributed by atoms with Crippen molar-refractivity contribution < 1.29 is 14.4 Å². The first-order chi connectivity index (χ1) is 8.45. The number of likely N-dealkylation sites (N-methyl/N-ethyl adjacent to an activating group) is 1. The van der Waals surface area contributed by atoms with Gasteiger partial charge in [0.1, 0.15) is 6.04 Å². The summed E-state index contributed by atoms with van der Waals surface area (Å²) in [6.07, 6.45) is 0.497. The molecule has 7 heteroatoms. The van der Waals surface area contributed by atoms with E-state index in [-0.39, 0.29) is 18.4 Å². The third-order valence-electron chi connectivity index (χ3n) is 2.54. The van der Waals surface area contributed by atoms with Crippen molar-refractivity contribution in [3.8, 4) is 0 Å². The molecular formula is C11H20N4O3. The van der Waals surface area contributed by atoms with Gasteiger partial charge in [0.05, 0.1) is 6.61 Å². The summed E-state index contributed by atoms with van der Waals surface area (Å²) in [5, 5.41) is 12.6. The maximum Gasteiger partial charge on any atom is 0.241 e. The Balaban J connectivity index is 2.46. The lowest BCUT2D eigenvalue weighted by atomic mass is 10.2. The van der Waals surface area contributed by atoms with Gasteiger partial charge in [0.2, 0.25) is 11.8 Å². The smallest absolute Gasteiger partial charge is 0.241 e. The van der Waals surface area contributed by atoms with Gasteiger partial charge in [-0.3, -0.25) is 4.79 Å². The Morgan fingerprint density at radius 2 is 2.22 bits per heavy atom. The highest BCUT2D eigenvalue weighted by atomic mass is 16.5. The number of amides is 1. The van der Waals surface area contributed by atoms with Crippen LogP contribution in [0.25, 0.3) is 0 Å². The molecule has 0 aliphatic heterocycles. The van der Waals surface area contributed by atoms with Crippen molar-refractivity contribution in [3.05, 3.63) is 11.7 Å². The van der Waals surface area contributed by atoms with Gasteiger partial charge in [0, 0.05) is 25.9 Å². The maximum atomic E-state index is 11.6. The molecule has 0 unspecified atom stereocenters. The monoisotopic (exact) mass is 256 g/mol. The van der Waals surface area contributed by atoms with Gasteiger partial charge in [-0.05, 0) is 0 Å². The quantitative estimate of drug-likeness (QED) is 0.711. The van der Waals surface area contributed by atoms with Crippen LogP contribution in [0, 0.1) is 0 Å². The second-order valence-electron chi connectivity index (χ2n) is 4.50. The fraction of sp³-hybridized carbons (Fsp3) is 0.727. The summed E-state index contributed by atoms with van der Waals surface area (Å²) < 4.78 is 5.06. The Morgan fingerprint density at radius 3 is 2.72 bits per heavy atom. The van der Waals surface area contributed by atoms with E-state index in [2.05, 4.69) is 10.1 Å². The van der Waals surface area contributed by atoms with Crippen LogP contribution in [-0.2, 0) is 11.2 Å². The molecular weight excluding hydrogens is 236 g/mol. The van der Waals surface area contributed by atoms with Crippen molar-refractivity contribution in [2.75, 3.05) is 20.2 Å². The van der Waals surface area contributed by atoms with Crippen molar-refractivity contribution in [1.82, 2.24) is 15.0 Å². The molecule has 7 nitrogen and oxygen atoms in total. The first kappa shape index (κ1) is 14.6. The zero-order valence-corrected chi connectivity index (χ0v) is 11.0. The average Bonchev–Trinajstić information content (AvgIpc) is 2.82. The Morgan fingerprint density at radius 1 is 1.56 bits per heavy atom. The van der Waals surface area contributed by atoms with E-state index in [1.54, 1.807) is 7.05 Å². The molecule has 0 radical (unpaired) electrons. The normalized spacial score (nSPS) is 12.8. The van der Waals surface area contributed by atoms with E-state index in [0.29, 0.717) is 24.7 Å². The van der Waals surface area contributed by atoms with Crippen molar-refractivity contribution in [1.29, 1.82) is 0 Å². The van der Waals surface area contributed by atoms with Gasteiger partial charge in [0.15, 0.2) is 5.82 Å². The number of carbonyl (C=O) groups excluding carboxylic acids is 1. The number of aliphatic hydroxyl groups is 1. The average molecular weight is 256 g/mol. The van der Waals surface area contributed by atoms with Crippen molar-refractivity contribution >= 4 is 5.91 Å². The van der Waals surface area contributed by atoms with E-state index in [9.17, 15) is 4.79 Å². The predicted octanol–water partition coefficient (Wildman–Crippen LogP) is -0.486. The lowest BCUT2D eigenvalue weighted by Crippen LogP contribution is -2.44. The van der Waals surface area contributed by atoms with Gasteiger partial charge < -0.3 is 20.3 Å². The lowest BCUT2D eigenvalue weighted by molar-refractivity contribution is -0.132. The highest BCUT2D eigenvalue weighted by molar-refractivity contribution is 5.81. The van der Waals surface area contributed by atoms with Crippen LogP contribution in [0.15, 0.2) is 4.52 Å². The highest BCUT2D eigenvalue weighted by Gasteiger charge is 2.17. The van der Waals surface area contributed by atoms with E-state index in [4.69, 9.17) is 15.4 Å². The number of nitrogens with zero attached hydrogens (tertiary/aromatic N) is 3. The van der Waals surface area contributed by atoms with Gasteiger partial charge in [-0.15, -0.1) is 0 Å². The molecule has 102 valence electrons. The fourth-order valence-electron chi connectivity index (χ4n) is 1.34. The number of aromatic nitrogens is 2. The molecule has 0 fully saturated rings. The van der Waals surface area contributed by atoms with E-state index in [1.165, 1.54) is 4.90 Å². The molecule has 0 aromatic carbocycles. The minimum absolute atomic E-state index is 0.188. The summed E-state index contributed by atoms with van der Waals surface area (Å²) in [5.74, 6) is 1.04. The second-order valence-corrected chi connectivity index (χ2v) is 4.50. The standard InChI is InChI=1S/C11H20N4O3/c1-7(2)10-13-9(14-18-10)4-5-15(3)11(17)8(12)6-16/h7-8,16H,4-6,12H2,1-3H3/t8-/m0/s1. The summed E-state index contributed by atoms with van der Waals surface area (Å²) in [6.45, 7) is 4.01. The van der Waals surface area contributed by atoms with Crippen LogP contribution < -0.4 is 5.73 Å². The molecule has 0 saturated heterocycles. The Labute approximate surface area is 106 Å². The summed E-state index contributed by atoms with van der Waals surface area (Å²) in [7, 11) is 1.63. The van der Waals surface area contributed by atoms with E-state index < -0.39 is 6.04 Å². The Kier molecular flexibility index (Phi) is 5.24. The highest BCUT2D eigenvalue weighted by Crippen LogP contribution is 2.11. The van der Waals surface area contributed by atoms with Gasteiger partial charge in [-0.1, -0.05) is 19.0 Å². The van der Waals surface area contributed by atoms with Gasteiger partial charge in [-0.25, -0.2) is 0 Å². The molecule has 3 N–H and O–H groups in total. The minimum atomic E-state index is -0.869. The second kappa shape index (κ2) is 6.46. The maximum absolute atomic E-state index is 11.6. The molecule has 1 heterocycles. The molecule has 0 bridgehead atoms. The number of nitrogens with two attached hydrogens (primary N) is 1. The van der Waals surface area contributed by atoms with E-state index in [1.807, 2.05) is 13.8 Å². The molecule has 1 aromatic heterocycles. The SMILES string of the molecule is CC(C)c1nc(CCN(C)C(=O)[C@@H](N)CO)no1. The predicted molar refractivity (Wildman–Crippen MR) is 64.8 cm³/mol. The summed E-state index contributed by atoms with van der Waals surface area (Å²) in [6, 6.07) is -0.869. The van der Waals surface area contributed by atoms with Crippen molar-refractivity contribution in [2.45, 2.75) is 32.2 Å². The molecule has 0 spiro atoms. The zero-order chi connectivity index (χ0) is 13.7. The summed E-state index contributed by atoms with van der Waals surface area (Å²) >= 11 is 0. The van der Waals surface area contributed by atoms with Crippen LogP contribution in [0.3, 0.4) is 0 Å². The molecule has 0 aliphatic rings. The Bertz CT molecular complexity index is 391.